The van der Waals surface area contributed by atoms with Crippen LogP contribution in [0.25, 0.3) is 11.1 Å². The number of carbonyl (C=O) groups excluding carboxylic acids is 2. The quantitative estimate of drug-likeness (QED) is 0.650. The second-order valence-electron chi connectivity index (χ2n) is 6.61. The van der Waals surface area contributed by atoms with Gasteiger partial charge in [0.25, 0.3) is 5.91 Å². The molecule has 1 aliphatic rings. The van der Waals surface area contributed by atoms with Gasteiger partial charge in [-0.05, 0) is 30.5 Å². The van der Waals surface area contributed by atoms with Crippen molar-refractivity contribution < 1.29 is 18.8 Å². The predicted molar refractivity (Wildman–Crippen MR) is 97.4 cm³/mol. The molecule has 9 nitrogen and oxygen atoms in total. The molecular weight excluding hydrogens is 362 g/mol. The molecule has 4 rings (SSSR count). The van der Waals surface area contributed by atoms with Gasteiger partial charge in [0.05, 0.1) is 19.9 Å². The van der Waals surface area contributed by atoms with E-state index < -0.39 is 5.97 Å². The second kappa shape index (κ2) is 7.26. The molecule has 1 saturated carbocycles. The smallest absolute Gasteiger partial charge is 0.356 e. The summed E-state index contributed by atoms with van der Waals surface area (Å²) in [6.07, 6.45) is 3.75. The fourth-order valence-electron chi connectivity index (χ4n) is 2.89. The van der Waals surface area contributed by atoms with Crippen molar-refractivity contribution in [2.24, 2.45) is 7.05 Å². The van der Waals surface area contributed by atoms with Crippen LogP contribution in [0, 0.1) is 0 Å². The number of nitrogens with zero attached hydrogens (tertiary/aromatic N) is 4. The minimum Gasteiger partial charge on any atom is -0.464 e. The molecule has 1 aliphatic carbocycles. The number of methoxy groups -OCH3 is 1. The van der Waals surface area contributed by atoms with Crippen LogP contribution in [0.5, 0.6) is 0 Å². The van der Waals surface area contributed by atoms with E-state index in [2.05, 4.69) is 20.6 Å². The molecule has 0 spiro atoms. The lowest BCUT2D eigenvalue weighted by atomic mass is 10.0. The summed E-state index contributed by atoms with van der Waals surface area (Å²) in [6, 6.07) is 6.89. The number of esters is 1. The van der Waals surface area contributed by atoms with Crippen molar-refractivity contribution in [2.75, 3.05) is 7.11 Å². The first-order valence-electron chi connectivity index (χ1n) is 8.88. The molecule has 9 heteroatoms. The number of nitrogens with one attached hydrogen (secondary N) is 1. The molecule has 0 radical (unpaired) electrons. The fourth-order valence-corrected chi connectivity index (χ4v) is 2.89. The van der Waals surface area contributed by atoms with Gasteiger partial charge in [0, 0.05) is 24.1 Å². The van der Waals surface area contributed by atoms with Crippen LogP contribution < -0.4 is 5.32 Å². The Morgan fingerprint density at radius 2 is 2.04 bits per heavy atom. The van der Waals surface area contributed by atoms with E-state index >= 15 is 0 Å². The van der Waals surface area contributed by atoms with Crippen molar-refractivity contribution >= 4 is 11.9 Å². The topological polar surface area (TPSA) is 112 Å². The minimum absolute atomic E-state index is 0.200. The molecule has 1 fully saturated rings. The molecule has 144 valence electrons. The number of aromatic nitrogens is 4. The molecule has 1 amide bonds. The molecule has 0 bridgehead atoms. The van der Waals surface area contributed by atoms with Gasteiger partial charge in [0.1, 0.15) is 0 Å². The molecular formula is C19H19N5O4. The Labute approximate surface area is 160 Å². The SMILES string of the molecule is COC(=O)c1c(-c2ccc(C(=O)NCc3noc(C4CC4)n3)cc2)cnn1C. The van der Waals surface area contributed by atoms with E-state index in [4.69, 9.17) is 9.26 Å². The van der Waals surface area contributed by atoms with Gasteiger partial charge in [-0.2, -0.15) is 10.1 Å². The standard InChI is InChI=1S/C19H19N5O4/c1-24-16(19(26)27-2)14(9-21-24)11-3-5-12(6-4-11)17(25)20-10-15-22-18(28-23-15)13-7-8-13/h3-6,9,13H,7-8,10H2,1-2H3,(H,20,25). The Balaban J connectivity index is 1.44. The van der Waals surface area contributed by atoms with Crippen molar-refractivity contribution in [3.05, 3.63) is 53.4 Å². The summed E-state index contributed by atoms with van der Waals surface area (Å²) in [5.41, 5.74) is 2.24. The number of carbonyl (C=O) groups is 2. The Kier molecular flexibility index (Phi) is 4.64. The van der Waals surface area contributed by atoms with E-state index in [1.807, 2.05) is 0 Å². The third-order valence-electron chi connectivity index (χ3n) is 4.59. The van der Waals surface area contributed by atoms with Gasteiger partial charge in [-0.25, -0.2) is 4.79 Å². The van der Waals surface area contributed by atoms with Crippen molar-refractivity contribution in [1.29, 1.82) is 0 Å². The lowest BCUT2D eigenvalue weighted by Gasteiger charge is -2.06. The van der Waals surface area contributed by atoms with Crippen molar-refractivity contribution in [3.63, 3.8) is 0 Å². The summed E-state index contributed by atoms with van der Waals surface area (Å²) in [5.74, 6) is 0.773. The van der Waals surface area contributed by atoms with Crippen LogP contribution in [0.4, 0.5) is 0 Å². The summed E-state index contributed by atoms with van der Waals surface area (Å²) in [5, 5.41) is 10.8. The lowest BCUT2D eigenvalue weighted by molar-refractivity contribution is 0.0589. The van der Waals surface area contributed by atoms with Crippen LogP contribution in [0.3, 0.4) is 0 Å². The first kappa shape index (κ1) is 17.9. The third kappa shape index (κ3) is 3.51. The number of aryl methyl sites for hydroxylation is 1. The highest BCUT2D eigenvalue weighted by Gasteiger charge is 2.29. The molecule has 0 unspecified atom stereocenters. The number of ether oxygens (including phenoxy) is 1. The molecule has 2 heterocycles. The maximum atomic E-state index is 12.4. The Morgan fingerprint density at radius 1 is 1.29 bits per heavy atom. The molecule has 1 aromatic carbocycles. The summed E-state index contributed by atoms with van der Waals surface area (Å²) in [4.78, 5) is 28.6. The van der Waals surface area contributed by atoms with Gasteiger partial charge >= 0.3 is 5.97 Å². The average Bonchev–Trinajstić information content (AvgIpc) is 3.33. The summed E-state index contributed by atoms with van der Waals surface area (Å²) >= 11 is 0. The van der Waals surface area contributed by atoms with E-state index in [1.165, 1.54) is 11.8 Å². The second-order valence-corrected chi connectivity index (χ2v) is 6.61. The van der Waals surface area contributed by atoms with Gasteiger partial charge in [0.2, 0.25) is 5.89 Å². The molecule has 0 aliphatic heterocycles. The monoisotopic (exact) mass is 381 g/mol. The molecule has 2 aromatic heterocycles. The van der Waals surface area contributed by atoms with Crippen molar-refractivity contribution in [2.45, 2.75) is 25.3 Å². The van der Waals surface area contributed by atoms with Crippen LogP contribution in [0.2, 0.25) is 0 Å². The number of amides is 1. The number of rotatable bonds is 6. The molecule has 28 heavy (non-hydrogen) atoms. The number of benzene rings is 1. The highest BCUT2D eigenvalue weighted by Crippen LogP contribution is 2.38. The Bertz CT molecular complexity index is 1020. The van der Waals surface area contributed by atoms with Gasteiger partial charge < -0.3 is 14.6 Å². The molecule has 1 N–H and O–H groups in total. The highest BCUT2D eigenvalue weighted by molar-refractivity contribution is 5.97. The zero-order valence-electron chi connectivity index (χ0n) is 15.5. The van der Waals surface area contributed by atoms with Crippen LogP contribution in [-0.4, -0.2) is 38.9 Å². The minimum atomic E-state index is -0.470. The van der Waals surface area contributed by atoms with Crippen LogP contribution in [0.1, 0.15) is 51.3 Å². The van der Waals surface area contributed by atoms with Crippen LogP contribution >= 0.6 is 0 Å². The average molecular weight is 381 g/mol. The molecule has 3 aromatic rings. The summed E-state index contributed by atoms with van der Waals surface area (Å²) in [7, 11) is 2.99. The van der Waals surface area contributed by atoms with Gasteiger partial charge in [-0.3, -0.25) is 9.48 Å². The molecule has 0 atom stereocenters. The zero-order valence-corrected chi connectivity index (χ0v) is 15.5. The third-order valence-corrected chi connectivity index (χ3v) is 4.59. The highest BCUT2D eigenvalue weighted by atomic mass is 16.5. The van der Waals surface area contributed by atoms with E-state index in [9.17, 15) is 9.59 Å². The first-order chi connectivity index (χ1) is 13.6. The van der Waals surface area contributed by atoms with Gasteiger partial charge in [-0.15, -0.1) is 0 Å². The maximum absolute atomic E-state index is 12.4. The Hall–Kier alpha value is -3.49. The van der Waals surface area contributed by atoms with Crippen molar-refractivity contribution in [1.82, 2.24) is 25.2 Å². The van der Waals surface area contributed by atoms with Crippen LogP contribution in [-0.2, 0) is 18.3 Å². The van der Waals surface area contributed by atoms with Crippen molar-refractivity contribution in [3.8, 4) is 11.1 Å². The number of hydrogen-bond donors (Lipinski definition) is 1. The lowest BCUT2D eigenvalue weighted by Crippen LogP contribution is -2.23. The normalized spacial score (nSPS) is 13.4. The summed E-state index contributed by atoms with van der Waals surface area (Å²) in [6.45, 7) is 0.200. The predicted octanol–water partition coefficient (Wildman–Crippen LogP) is 2.06. The largest absolute Gasteiger partial charge is 0.464 e. The van der Waals surface area contributed by atoms with E-state index in [1.54, 1.807) is 37.5 Å². The fraction of sp³-hybridized carbons (Fsp3) is 0.316. The van der Waals surface area contributed by atoms with E-state index in [-0.39, 0.29) is 12.5 Å². The van der Waals surface area contributed by atoms with Crippen LogP contribution in [0.15, 0.2) is 35.0 Å². The first-order valence-corrected chi connectivity index (χ1v) is 8.88. The van der Waals surface area contributed by atoms with Gasteiger partial charge in [0.15, 0.2) is 11.5 Å². The maximum Gasteiger partial charge on any atom is 0.356 e. The van der Waals surface area contributed by atoms with E-state index in [0.29, 0.717) is 34.5 Å². The summed E-state index contributed by atoms with van der Waals surface area (Å²) < 4.78 is 11.4. The Morgan fingerprint density at radius 3 is 2.71 bits per heavy atom. The van der Waals surface area contributed by atoms with Gasteiger partial charge in [-0.1, -0.05) is 17.3 Å². The van der Waals surface area contributed by atoms with E-state index in [0.717, 1.165) is 18.4 Å². The zero-order chi connectivity index (χ0) is 19.7. The molecule has 0 saturated heterocycles. The number of hydrogen-bond acceptors (Lipinski definition) is 7.